The van der Waals surface area contributed by atoms with E-state index >= 15 is 0 Å². The number of nitrogens with one attached hydrogen (secondary N) is 1. The van der Waals surface area contributed by atoms with Gasteiger partial charge in [-0.2, -0.15) is 0 Å². The van der Waals surface area contributed by atoms with Crippen LogP contribution >= 0.6 is 11.8 Å². The van der Waals surface area contributed by atoms with Crippen molar-refractivity contribution in [1.82, 2.24) is 5.32 Å². The van der Waals surface area contributed by atoms with Gasteiger partial charge < -0.3 is 10.1 Å². The molecule has 1 heterocycles. The molecule has 1 aliphatic heterocycles. The molecule has 0 radical (unpaired) electrons. The van der Waals surface area contributed by atoms with Crippen LogP contribution in [0.1, 0.15) is 38.3 Å². The van der Waals surface area contributed by atoms with Crippen LogP contribution in [0.25, 0.3) is 0 Å². The van der Waals surface area contributed by atoms with E-state index in [1.807, 2.05) is 11.8 Å². The average molecular weight is 251 g/mol. The first-order chi connectivity index (χ1) is 8.20. The summed E-state index contributed by atoms with van der Waals surface area (Å²) >= 11 is 1.95. The minimum absolute atomic E-state index is 0.492. The second kappa shape index (κ2) is 5.78. The third-order valence-corrected chi connectivity index (χ3v) is 4.18. The molecule has 2 nitrogen and oxygen atoms in total. The Balaban J connectivity index is 2.28. The van der Waals surface area contributed by atoms with Gasteiger partial charge in [0, 0.05) is 17.0 Å². The number of methoxy groups -OCH3 is 1. The Morgan fingerprint density at radius 2 is 2.24 bits per heavy atom. The summed E-state index contributed by atoms with van der Waals surface area (Å²) in [7, 11) is 1.73. The topological polar surface area (TPSA) is 21.3 Å². The van der Waals surface area contributed by atoms with Gasteiger partial charge in [0.25, 0.3) is 0 Å². The monoisotopic (exact) mass is 251 g/mol. The van der Waals surface area contributed by atoms with Crippen molar-refractivity contribution in [3.8, 4) is 5.75 Å². The highest BCUT2D eigenvalue weighted by Gasteiger charge is 2.19. The van der Waals surface area contributed by atoms with Gasteiger partial charge in [0.1, 0.15) is 5.75 Å². The molecule has 2 rings (SSSR count). The standard InChI is InChI=1S/C14H21NOS/c1-10(2)15-13-5-4-8-17-14-9-11(16-3)6-7-12(13)14/h6-7,9-10,13,15H,4-5,8H2,1-3H3. The molecular weight excluding hydrogens is 230 g/mol. The average Bonchev–Trinajstić information content (AvgIpc) is 2.50. The Labute approximate surface area is 108 Å². The van der Waals surface area contributed by atoms with Gasteiger partial charge in [-0.1, -0.05) is 19.9 Å². The number of thioether (sulfide) groups is 1. The first-order valence-corrected chi connectivity index (χ1v) is 7.26. The second-order valence-corrected chi connectivity index (χ2v) is 5.91. The molecular formula is C14H21NOS. The van der Waals surface area contributed by atoms with Gasteiger partial charge in [0.15, 0.2) is 0 Å². The van der Waals surface area contributed by atoms with Crippen LogP contribution in [0.4, 0.5) is 0 Å². The minimum atomic E-state index is 0.492. The van der Waals surface area contributed by atoms with Crippen molar-refractivity contribution >= 4 is 11.8 Å². The Hall–Kier alpha value is -0.670. The van der Waals surface area contributed by atoms with Crippen LogP contribution in [-0.2, 0) is 0 Å². The molecule has 0 aliphatic carbocycles. The summed E-state index contributed by atoms with van der Waals surface area (Å²) in [5.41, 5.74) is 1.43. The zero-order valence-electron chi connectivity index (χ0n) is 10.8. The maximum absolute atomic E-state index is 5.30. The molecule has 1 aromatic carbocycles. The van der Waals surface area contributed by atoms with Crippen molar-refractivity contribution in [1.29, 1.82) is 0 Å². The van der Waals surface area contributed by atoms with Gasteiger partial charge >= 0.3 is 0 Å². The molecule has 0 fully saturated rings. The lowest BCUT2D eigenvalue weighted by Gasteiger charge is -2.21. The van der Waals surface area contributed by atoms with E-state index in [4.69, 9.17) is 4.74 Å². The summed E-state index contributed by atoms with van der Waals surface area (Å²) in [6.07, 6.45) is 2.50. The molecule has 1 unspecified atom stereocenters. The normalized spacial score (nSPS) is 19.9. The van der Waals surface area contributed by atoms with Crippen molar-refractivity contribution < 1.29 is 4.74 Å². The molecule has 0 aromatic heterocycles. The minimum Gasteiger partial charge on any atom is -0.497 e. The molecule has 1 atom stereocenters. The van der Waals surface area contributed by atoms with E-state index in [1.54, 1.807) is 7.11 Å². The zero-order chi connectivity index (χ0) is 12.3. The fourth-order valence-corrected chi connectivity index (χ4v) is 3.36. The van der Waals surface area contributed by atoms with E-state index in [9.17, 15) is 0 Å². The van der Waals surface area contributed by atoms with E-state index in [1.165, 1.54) is 29.1 Å². The van der Waals surface area contributed by atoms with Crippen LogP contribution in [0.2, 0.25) is 0 Å². The fraction of sp³-hybridized carbons (Fsp3) is 0.571. The summed E-state index contributed by atoms with van der Waals surface area (Å²) in [5, 5.41) is 3.66. The van der Waals surface area contributed by atoms with Crippen LogP contribution in [0, 0.1) is 0 Å². The van der Waals surface area contributed by atoms with Crippen molar-refractivity contribution in [2.75, 3.05) is 12.9 Å². The molecule has 1 aromatic rings. The summed E-state index contributed by atoms with van der Waals surface area (Å²) in [6.45, 7) is 4.42. The van der Waals surface area contributed by atoms with Gasteiger partial charge in [0.05, 0.1) is 7.11 Å². The quantitative estimate of drug-likeness (QED) is 0.886. The van der Waals surface area contributed by atoms with E-state index in [0.29, 0.717) is 12.1 Å². The molecule has 0 saturated heterocycles. The number of hydrogen-bond acceptors (Lipinski definition) is 3. The predicted octanol–water partition coefficient (Wildman–Crippen LogP) is 3.62. The molecule has 1 aliphatic rings. The summed E-state index contributed by atoms with van der Waals surface area (Å²) in [5.74, 6) is 2.16. The van der Waals surface area contributed by atoms with E-state index in [-0.39, 0.29) is 0 Å². The molecule has 0 spiro atoms. The van der Waals surface area contributed by atoms with Gasteiger partial charge in [-0.25, -0.2) is 0 Å². The van der Waals surface area contributed by atoms with E-state index in [2.05, 4.69) is 37.4 Å². The molecule has 0 amide bonds. The Bertz CT molecular complexity index is 378. The zero-order valence-corrected chi connectivity index (χ0v) is 11.6. The van der Waals surface area contributed by atoms with E-state index in [0.717, 1.165) is 5.75 Å². The lowest BCUT2D eigenvalue weighted by atomic mass is 10.0. The lowest BCUT2D eigenvalue weighted by Crippen LogP contribution is -2.28. The maximum atomic E-state index is 5.30. The van der Waals surface area contributed by atoms with Gasteiger partial charge in [0.2, 0.25) is 0 Å². The van der Waals surface area contributed by atoms with Gasteiger partial charge in [-0.3, -0.25) is 0 Å². The number of benzene rings is 1. The SMILES string of the molecule is COc1ccc2c(c1)SCCCC2NC(C)C. The Morgan fingerprint density at radius 1 is 1.41 bits per heavy atom. The van der Waals surface area contributed by atoms with Crippen molar-refractivity contribution in [2.45, 2.75) is 43.7 Å². The number of rotatable bonds is 3. The Kier molecular flexibility index (Phi) is 4.35. The first kappa shape index (κ1) is 12.8. The maximum Gasteiger partial charge on any atom is 0.119 e. The van der Waals surface area contributed by atoms with Crippen LogP contribution in [0.5, 0.6) is 5.75 Å². The van der Waals surface area contributed by atoms with Gasteiger partial charge in [-0.05, 0) is 36.3 Å². The second-order valence-electron chi connectivity index (χ2n) is 4.77. The fourth-order valence-electron chi connectivity index (χ4n) is 2.26. The highest BCUT2D eigenvalue weighted by molar-refractivity contribution is 7.99. The summed E-state index contributed by atoms with van der Waals surface area (Å²) in [4.78, 5) is 1.38. The lowest BCUT2D eigenvalue weighted by molar-refractivity contribution is 0.411. The highest BCUT2D eigenvalue weighted by atomic mass is 32.2. The first-order valence-electron chi connectivity index (χ1n) is 6.27. The third-order valence-electron chi connectivity index (χ3n) is 3.03. The highest BCUT2D eigenvalue weighted by Crippen LogP contribution is 2.37. The van der Waals surface area contributed by atoms with Crippen LogP contribution in [0.15, 0.2) is 23.1 Å². The number of fused-ring (bicyclic) bond motifs is 1. The largest absolute Gasteiger partial charge is 0.497 e. The van der Waals surface area contributed by atoms with Crippen molar-refractivity contribution in [2.24, 2.45) is 0 Å². The molecule has 3 heteroatoms. The number of ether oxygens (including phenoxy) is 1. The van der Waals surface area contributed by atoms with Crippen molar-refractivity contribution in [3.05, 3.63) is 23.8 Å². The third kappa shape index (κ3) is 3.17. The van der Waals surface area contributed by atoms with Crippen LogP contribution < -0.4 is 10.1 Å². The summed E-state index contributed by atoms with van der Waals surface area (Å²) in [6, 6.07) is 7.47. The predicted molar refractivity (Wildman–Crippen MR) is 74.0 cm³/mol. The van der Waals surface area contributed by atoms with Crippen LogP contribution in [0.3, 0.4) is 0 Å². The molecule has 0 saturated carbocycles. The molecule has 94 valence electrons. The Morgan fingerprint density at radius 3 is 2.94 bits per heavy atom. The summed E-state index contributed by atoms with van der Waals surface area (Å²) < 4.78 is 5.30. The molecule has 0 bridgehead atoms. The van der Waals surface area contributed by atoms with Crippen molar-refractivity contribution in [3.63, 3.8) is 0 Å². The molecule has 17 heavy (non-hydrogen) atoms. The molecule has 1 N–H and O–H groups in total. The van der Waals surface area contributed by atoms with Crippen LogP contribution in [-0.4, -0.2) is 18.9 Å². The van der Waals surface area contributed by atoms with Gasteiger partial charge in [-0.15, -0.1) is 11.8 Å². The number of hydrogen-bond donors (Lipinski definition) is 1. The smallest absolute Gasteiger partial charge is 0.119 e. The van der Waals surface area contributed by atoms with E-state index < -0.39 is 0 Å².